The van der Waals surface area contributed by atoms with Gasteiger partial charge in [-0.15, -0.1) is 0 Å². The topological polar surface area (TPSA) is 118 Å². The molecule has 0 radical (unpaired) electrons. The predicted molar refractivity (Wildman–Crippen MR) is 74.5 cm³/mol. The third-order valence-electron chi connectivity index (χ3n) is 2.84. The number of hydrogen-bond donors (Lipinski definition) is 5. The Labute approximate surface area is 119 Å². The summed E-state index contributed by atoms with van der Waals surface area (Å²) >= 11 is 0. The van der Waals surface area contributed by atoms with Crippen LogP contribution in [0.5, 0.6) is 23.0 Å². The molecular weight excluding hydrogens is 276 g/mol. The summed E-state index contributed by atoms with van der Waals surface area (Å²) in [5.74, 6) is -3.66. The molecule has 2 aromatic rings. The van der Waals surface area contributed by atoms with Crippen LogP contribution in [0, 0.1) is 0 Å². The van der Waals surface area contributed by atoms with Crippen LogP contribution >= 0.6 is 0 Å². The van der Waals surface area contributed by atoms with E-state index in [1.54, 1.807) is 12.1 Å². The molecule has 0 saturated carbocycles. The fraction of sp³-hybridized carbons (Fsp3) is 0. The van der Waals surface area contributed by atoms with Gasteiger partial charge in [-0.25, -0.2) is 0 Å². The fourth-order valence-corrected chi connectivity index (χ4v) is 1.74. The maximum Gasteiger partial charge on any atom is 0.201 e. The SMILES string of the molecule is O=C(C=C(O)c1ccc(O)c(O)c1O)c1ccccc1O. The maximum atomic E-state index is 11.9. The lowest BCUT2D eigenvalue weighted by atomic mass is 10.1. The largest absolute Gasteiger partial charge is 0.507 e. The van der Waals surface area contributed by atoms with Crippen LogP contribution in [0.4, 0.5) is 0 Å². The van der Waals surface area contributed by atoms with Crippen molar-refractivity contribution in [1.29, 1.82) is 0 Å². The molecule has 6 nitrogen and oxygen atoms in total. The lowest BCUT2D eigenvalue weighted by Crippen LogP contribution is -1.97. The van der Waals surface area contributed by atoms with Crippen LogP contribution in [0.2, 0.25) is 0 Å². The van der Waals surface area contributed by atoms with E-state index >= 15 is 0 Å². The molecule has 21 heavy (non-hydrogen) atoms. The molecule has 0 fully saturated rings. The molecule has 5 N–H and O–H groups in total. The van der Waals surface area contributed by atoms with E-state index < -0.39 is 28.8 Å². The summed E-state index contributed by atoms with van der Waals surface area (Å²) < 4.78 is 0. The predicted octanol–water partition coefficient (Wildman–Crippen LogP) is 2.29. The van der Waals surface area contributed by atoms with Crippen LogP contribution in [0.25, 0.3) is 5.76 Å². The van der Waals surface area contributed by atoms with Gasteiger partial charge < -0.3 is 25.5 Å². The van der Waals surface area contributed by atoms with Crippen molar-refractivity contribution in [3.8, 4) is 23.0 Å². The lowest BCUT2D eigenvalue weighted by molar-refractivity contribution is 0.104. The number of allylic oxidation sites excluding steroid dienone is 1. The minimum absolute atomic E-state index is 0.0217. The summed E-state index contributed by atoms with van der Waals surface area (Å²) in [5.41, 5.74) is -0.249. The van der Waals surface area contributed by atoms with Gasteiger partial charge in [0.2, 0.25) is 5.75 Å². The van der Waals surface area contributed by atoms with Crippen molar-refractivity contribution in [3.05, 3.63) is 53.6 Å². The average Bonchev–Trinajstić information content (AvgIpc) is 2.45. The van der Waals surface area contributed by atoms with E-state index in [1.807, 2.05) is 0 Å². The molecular formula is C15H12O6. The highest BCUT2D eigenvalue weighted by atomic mass is 16.3. The first kappa shape index (κ1) is 14.3. The van der Waals surface area contributed by atoms with E-state index in [0.29, 0.717) is 0 Å². The highest BCUT2D eigenvalue weighted by Crippen LogP contribution is 2.39. The number of aliphatic hydroxyl groups is 1. The monoisotopic (exact) mass is 288 g/mol. The van der Waals surface area contributed by atoms with Crippen LogP contribution in [0.15, 0.2) is 42.5 Å². The molecule has 2 rings (SSSR count). The van der Waals surface area contributed by atoms with Gasteiger partial charge in [-0.2, -0.15) is 0 Å². The summed E-state index contributed by atoms with van der Waals surface area (Å²) in [6, 6.07) is 7.96. The maximum absolute atomic E-state index is 11.9. The van der Waals surface area contributed by atoms with Gasteiger partial charge in [0, 0.05) is 6.08 Å². The molecule has 0 aromatic heterocycles. The standard InChI is InChI=1S/C15H12O6/c16-10-4-2-1-3-8(10)12(18)7-13(19)9-5-6-11(17)15(21)14(9)20/h1-7,16-17,19-21H. The van der Waals surface area contributed by atoms with Gasteiger partial charge in [0.05, 0.1) is 11.1 Å². The second-order valence-corrected chi connectivity index (χ2v) is 4.24. The molecule has 108 valence electrons. The molecule has 0 bridgehead atoms. The van der Waals surface area contributed by atoms with E-state index in [4.69, 9.17) is 0 Å². The van der Waals surface area contributed by atoms with Crippen molar-refractivity contribution >= 4 is 11.5 Å². The van der Waals surface area contributed by atoms with Gasteiger partial charge in [-0.1, -0.05) is 12.1 Å². The Morgan fingerprint density at radius 2 is 1.48 bits per heavy atom. The summed E-state index contributed by atoms with van der Waals surface area (Å²) in [7, 11) is 0. The number of phenols is 4. The molecule has 0 aliphatic rings. The molecule has 2 aromatic carbocycles. The average molecular weight is 288 g/mol. The van der Waals surface area contributed by atoms with Crippen LogP contribution in [0.3, 0.4) is 0 Å². The van der Waals surface area contributed by atoms with E-state index in [0.717, 1.165) is 18.2 Å². The number of phenolic OH excluding ortho intramolecular Hbond substituents is 4. The summed E-state index contributed by atoms with van der Waals surface area (Å²) in [5, 5.41) is 47.6. The fourth-order valence-electron chi connectivity index (χ4n) is 1.74. The molecule has 0 unspecified atom stereocenters. The van der Waals surface area contributed by atoms with Crippen LogP contribution in [0.1, 0.15) is 15.9 Å². The van der Waals surface area contributed by atoms with E-state index in [2.05, 4.69) is 0 Å². The molecule has 6 heteroatoms. The smallest absolute Gasteiger partial charge is 0.201 e. The Balaban J connectivity index is 2.40. The first-order valence-electron chi connectivity index (χ1n) is 5.89. The second kappa shape index (κ2) is 5.46. The Morgan fingerprint density at radius 1 is 0.810 bits per heavy atom. The number of aliphatic hydroxyl groups excluding tert-OH is 1. The van der Waals surface area contributed by atoms with Crippen LogP contribution < -0.4 is 0 Å². The molecule has 0 heterocycles. The number of aromatic hydroxyl groups is 4. The van der Waals surface area contributed by atoms with Crippen LogP contribution in [-0.4, -0.2) is 31.3 Å². The number of ketones is 1. The van der Waals surface area contributed by atoms with Gasteiger partial charge in [-0.05, 0) is 24.3 Å². The zero-order valence-electron chi connectivity index (χ0n) is 10.7. The molecule has 0 spiro atoms. The van der Waals surface area contributed by atoms with E-state index in [-0.39, 0.29) is 16.9 Å². The number of carbonyl (C=O) groups is 1. The Kier molecular flexibility index (Phi) is 3.71. The first-order valence-corrected chi connectivity index (χ1v) is 5.89. The number of rotatable bonds is 3. The van der Waals surface area contributed by atoms with Crippen molar-refractivity contribution in [2.75, 3.05) is 0 Å². The highest BCUT2D eigenvalue weighted by Gasteiger charge is 2.16. The normalized spacial score (nSPS) is 11.3. The van der Waals surface area contributed by atoms with Gasteiger partial charge in [0.15, 0.2) is 17.3 Å². The van der Waals surface area contributed by atoms with Gasteiger partial charge in [-0.3, -0.25) is 4.79 Å². The third-order valence-corrected chi connectivity index (χ3v) is 2.84. The minimum Gasteiger partial charge on any atom is -0.507 e. The van der Waals surface area contributed by atoms with Crippen molar-refractivity contribution in [2.24, 2.45) is 0 Å². The molecule has 0 saturated heterocycles. The highest BCUT2D eigenvalue weighted by molar-refractivity contribution is 6.09. The Morgan fingerprint density at radius 3 is 2.14 bits per heavy atom. The van der Waals surface area contributed by atoms with Gasteiger partial charge in [0.1, 0.15) is 11.5 Å². The van der Waals surface area contributed by atoms with E-state index in [1.165, 1.54) is 12.1 Å². The van der Waals surface area contributed by atoms with Crippen molar-refractivity contribution < 1.29 is 30.3 Å². The quantitative estimate of drug-likeness (QED) is 0.256. The first-order chi connectivity index (χ1) is 9.91. The third kappa shape index (κ3) is 2.74. The Bertz CT molecular complexity index is 733. The minimum atomic E-state index is -0.803. The summed E-state index contributed by atoms with van der Waals surface area (Å²) in [4.78, 5) is 11.9. The molecule has 0 amide bonds. The number of hydrogen-bond acceptors (Lipinski definition) is 6. The molecule has 0 aliphatic heterocycles. The van der Waals surface area contributed by atoms with Crippen molar-refractivity contribution in [1.82, 2.24) is 0 Å². The second-order valence-electron chi connectivity index (χ2n) is 4.24. The Hall–Kier alpha value is -3.15. The lowest BCUT2D eigenvalue weighted by Gasteiger charge is -2.07. The van der Waals surface area contributed by atoms with Gasteiger partial charge in [0.25, 0.3) is 0 Å². The molecule has 0 atom stereocenters. The number of benzene rings is 2. The van der Waals surface area contributed by atoms with E-state index in [9.17, 15) is 30.3 Å². The van der Waals surface area contributed by atoms with Gasteiger partial charge >= 0.3 is 0 Å². The summed E-state index contributed by atoms with van der Waals surface area (Å²) in [6.45, 7) is 0. The number of carbonyl (C=O) groups excluding carboxylic acids is 1. The summed E-state index contributed by atoms with van der Waals surface area (Å²) in [6.07, 6.45) is 0.792. The van der Waals surface area contributed by atoms with Crippen molar-refractivity contribution in [2.45, 2.75) is 0 Å². The zero-order chi connectivity index (χ0) is 15.6. The number of para-hydroxylation sites is 1. The van der Waals surface area contributed by atoms with Crippen molar-refractivity contribution in [3.63, 3.8) is 0 Å². The van der Waals surface area contributed by atoms with Crippen LogP contribution in [-0.2, 0) is 0 Å². The molecule has 0 aliphatic carbocycles. The zero-order valence-corrected chi connectivity index (χ0v) is 10.7.